The molecule has 0 amide bonds. The number of non-ortho nitro benzene ring substituents is 1. The van der Waals surface area contributed by atoms with E-state index in [1.165, 1.54) is 18.2 Å². The van der Waals surface area contributed by atoms with Crippen molar-refractivity contribution in [2.24, 2.45) is 0 Å². The Morgan fingerprint density at radius 3 is 2.70 bits per heavy atom. The van der Waals surface area contributed by atoms with E-state index >= 15 is 0 Å². The smallest absolute Gasteiger partial charge is 0.344 e. The second-order valence-electron chi connectivity index (χ2n) is 4.18. The van der Waals surface area contributed by atoms with Gasteiger partial charge in [-0.1, -0.05) is 13.8 Å². The predicted molar refractivity (Wildman–Crippen MR) is 72.8 cm³/mol. The van der Waals surface area contributed by atoms with Crippen LogP contribution in [0.3, 0.4) is 0 Å². The summed E-state index contributed by atoms with van der Waals surface area (Å²) in [6, 6.07) is 4.14. The molecule has 2 N–H and O–H groups in total. The van der Waals surface area contributed by atoms with Gasteiger partial charge in [0.2, 0.25) is 0 Å². The van der Waals surface area contributed by atoms with E-state index in [-0.39, 0.29) is 5.69 Å². The van der Waals surface area contributed by atoms with Gasteiger partial charge in [-0.2, -0.15) is 0 Å². The molecule has 0 aliphatic heterocycles. The molecular formula is C13H18N2O5. The summed E-state index contributed by atoms with van der Waals surface area (Å²) in [5, 5.41) is 22.8. The topological polar surface area (TPSA) is 102 Å². The normalized spacial score (nSPS) is 11.9. The van der Waals surface area contributed by atoms with Crippen LogP contribution >= 0.6 is 0 Å². The van der Waals surface area contributed by atoms with Crippen molar-refractivity contribution in [1.82, 2.24) is 5.32 Å². The van der Waals surface area contributed by atoms with E-state index in [1.54, 1.807) is 6.92 Å². The van der Waals surface area contributed by atoms with Crippen molar-refractivity contribution < 1.29 is 19.6 Å². The molecule has 1 atom stereocenters. The van der Waals surface area contributed by atoms with Crippen molar-refractivity contribution in [1.29, 1.82) is 0 Å². The van der Waals surface area contributed by atoms with Crippen LogP contribution in [0.5, 0.6) is 5.75 Å². The fraction of sp³-hybridized carbons (Fsp3) is 0.462. The van der Waals surface area contributed by atoms with Gasteiger partial charge in [0.15, 0.2) is 6.10 Å². The van der Waals surface area contributed by atoms with Crippen LogP contribution in [0.25, 0.3) is 0 Å². The van der Waals surface area contributed by atoms with Gasteiger partial charge in [-0.05, 0) is 19.0 Å². The van der Waals surface area contributed by atoms with Gasteiger partial charge >= 0.3 is 5.97 Å². The maximum atomic E-state index is 11.0. The number of nitro groups is 1. The molecule has 7 heteroatoms. The van der Waals surface area contributed by atoms with Crippen LogP contribution in [0.15, 0.2) is 18.2 Å². The molecule has 0 heterocycles. The van der Waals surface area contributed by atoms with Crippen LogP contribution in [0.2, 0.25) is 0 Å². The Hall–Kier alpha value is -2.15. The highest BCUT2D eigenvalue weighted by atomic mass is 16.6. The first-order valence-corrected chi connectivity index (χ1v) is 6.37. The Kier molecular flexibility index (Phi) is 5.92. The molecule has 0 bridgehead atoms. The largest absolute Gasteiger partial charge is 0.479 e. The fourth-order valence-corrected chi connectivity index (χ4v) is 1.65. The van der Waals surface area contributed by atoms with Crippen molar-refractivity contribution in [3.05, 3.63) is 33.9 Å². The third-order valence-corrected chi connectivity index (χ3v) is 2.74. The van der Waals surface area contributed by atoms with Crippen LogP contribution in [-0.2, 0) is 11.3 Å². The highest BCUT2D eigenvalue weighted by molar-refractivity contribution is 5.72. The lowest BCUT2D eigenvalue weighted by Crippen LogP contribution is -2.26. The molecule has 0 saturated heterocycles. The number of nitro benzene ring substituents is 1. The average Bonchev–Trinajstić information content (AvgIpc) is 2.42. The zero-order chi connectivity index (χ0) is 15.1. The third kappa shape index (κ3) is 4.20. The number of carboxylic acid groups (broad SMARTS) is 1. The molecule has 7 nitrogen and oxygen atoms in total. The number of aliphatic carboxylic acids is 1. The molecule has 0 aliphatic carbocycles. The van der Waals surface area contributed by atoms with Gasteiger partial charge in [0.25, 0.3) is 5.69 Å². The molecule has 0 fully saturated rings. The molecule has 0 radical (unpaired) electrons. The van der Waals surface area contributed by atoms with Crippen molar-refractivity contribution in [3.8, 4) is 5.75 Å². The number of ether oxygens (including phenoxy) is 1. The van der Waals surface area contributed by atoms with Gasteiger partial charge in [0.05, 0.1) is 4.92 Å². The zero-order valence-corrected chi connectivity index (χ0v) is 11.5. The zero-order valence-electron chi connectivity index (χ0n) is 11.5. The van der Waals surface area contributed by atoms with E-state index < -0.39 is 17.0 Å². The Balaban J connectivity index is 3.03. The summed E-state index contributed by atoms with van der Waals surface area (Å²) in [6.45, 7) is 4.68. The third-order valence-electron chi connectivity index (χ3n) is 2.74. The lowest BCUT2D eigenvalue weighted by Gasteiger charge is -2.16. The van der Waals surface area contributed by atoms with Crippen molar-refractivity contribution in [2.45, 2.75) is 32.9 Å². The average molecular weight is 282 g/mol. The van der Waals surface area contributed by atoms with Crippen LogP contribution < -0.4 is 10.1 Å². The molecular weight excluding hydrogens is 264 g/mol. The molecule has 0 saturated carbocycles. The molecule has 1 aromatic carbocycles. The molecule has 20 heavy (non-hydrogen) atoms. The Bertz CT molecular complexity index is 490. The summed E-state index contributed by atoms with van der Waals surface area (Å²) < 4.78 is 5.43. The van der Waals surface area contributed by atoms with Gasteiger partial charge in [-0.25, -0.2) is 4.79 Å². The van der Waals surface area contributed by atoms with Gasteiger partial charge in [-0.15, -0.1) is 0 Å². The number of rotatable bonds is 8. The Morgan fingerprint density at radius 1 is 1.50 bits per heavy atom. The highest BCUT2D eigenvalue weighted by Gasteiger charge is 2.19. The van der Waals surface area contributed by atoms with E-state index in [0.29, 0.717) is 30.8 Å². The highest BCUT2D eigenvalue weighted by Crippen LogP contribution is 2.25. The minimum absolute atomic E-state index is 0.0476. The maximum absolute atomic E-state index is 11.0. The van der Waals surface area contributed by atoms with Crippen LogP contribution in [-0.4, -0.2) is 28.6 Å². The number of nitrogens with zero attached hydrogens (tertiary/aromatic N) is 1. The lowest BCUT2D eigenvalue weighted by molar-refractivity contribution is -0.384. The molecule has 1 aromatic rings. The Labute approximate surface area is 116 Å². The van der Waals surface area contributed by atoms with Crippen LogP contribution in [0.1, 0.15) is 25.8 Å². The van der Waals surface area contributed by atoms with E-state index in [1.807, 2.05) is 6.92 Å². The van der Waals surface area contributed by atoms with Gasteiger partial charge in [0, 0.05) is 24.2 Å². The number of benzene rings is 1. The van der Waals surface area contributed by atoms with E-state index in [4.69, 9.17) is 9.84 Å². The lowest BCUT2D eigenvalue weighted by atomic mass is 10.1. The summed E-state index contributed by atoms with van der Waals surface area (Å²) in [5.41, 5.74) is 0.523. The Morgan fingerprint density at radius 2 is 2.20 bits per heavy atom. The van der Waals surface area contributed by atoms with Gasteiger partial charge in [-0.3, -0.25) is 10.1 Å². The molecule has 0 spiro atoms. The number of hydrogen-bond acceptors (Lipinski definition) is 5. The first-order chi connectivity index (χ1) is 9.49. The first kappa shape index (κ1) is 15.9. The minimum atomic E-state index is -1.06. The molecule has 1 rings (SSSR count). The molecule has 0 aliphatic rings. The van der Waals surface area contributed by atoms with Gasteiger partial charge in [0.1, 0.15) is 5.75 Å². The van der Waals surface area contributed by atoms with Crippen LogP contribution in [0.4, 0.5) is 5.69 Å². The summed E-state index contributed by atoms with van der Waals surface area (Å²) in [4.78, 5) is 21.3. The maximum Gasteiger partial charge on any atom is 0.344 e. The molecule has 0 aromatic heterocycles. The second kappa shape index (κ2) is 7.44. The van der Waals surface area contributed by atoms with Crippen molar-refractivity contribution in [3.63, 3.8) is 0 Å². The number of nitrogens with one attached hydrogen (secondary N) is 1. The monoisotopic (exact) mass is 282 g/mol. The van der Waals surface area contributed by atoms with E-state index in [2.05, 4.69) is 5.32 Å². The summed E-state index contributed by atoms with van der Waals surface area (Å²) >= 11 is 0. The number of hydrogen-bond donors (Lipinski definition) is 2. The van der Waals surface area contributed by atoms with Gasteiger partial charge < -0.3 is 15.2 Å². The van der Waals surface area contributed by atoms with Crippen LogP contribution in [0, 0.1) is 10.1 Å². The fourth-order valence-electron chi connectivity index (χ4n) is 1.65. The van der Waals surface area contributed by atoms with E-state index in [0.717, 1.165) is 0 Å². The van der Waals surface area contributed by atoms with E-state index in [9.17, 15) is 14.9 Å². The van der Waals surface area contributed by atoms with Crippen molar-refractivity contribution in [2.75, 3.05) is 6.54 Å². The number of carbonyl (C=O) groups is 1. The standard InChI is InChI=1S/C13H18N2O5/c1-3-11(13(16)17)20-12-6-5-10(15(18)19)7-9(12)8-14-4-2/h5-7,11,14H,3-4,8H2,1-2H3,(H,16,17). The summed E-state index contributed by atoms with van der Waals surface area (Å²) in [5.74, 6) is -0.703. The SMILES string of the molecule is CCNCc1cc([N+](=O)[O-])ccc1OC(CC)C(=O)O. The minimum Gasteiger partial charge on any atom is -0.479 e. The quantitative estimate of drug-likeness (QED) is 0.558. The van der Waals surface area contributed by atoms with Crippen molar-refractivity contribution >= 4 is 11.7 Å². The molecule has 1 unspecified atom stereocenters. The predicted octanol–water partition coefficient (Wildman–Crippen LogP) is 1.95. The summed E-state index contributed by atoms with van der Waals surface area (Å²) in [7, 11) is 0. The molecule has 110 valence electrons. The number of carboxylic acids is 1. The summed E-state index contributed by atoms with van der Waals surface area (Å²) in [6.07, 6.45) is -0.649. The second-order valence-corrected chi connectivity index (χ2v) is 4.18. The first-order valence-electron chi connectivity index (χ1n) is 6.37.